The average molecular weight is 230 g/mol. The van der Waals surface area contributed by atoms with Gasteiger partial charge in [0.05, 0.1) is 25.5 Å². The summed E-state index contributed by atoms with van der Waals surface area (Å²) in [5, 5.41) is 4.30. The molecule has 1 aliphatic heterocycles. The third-order valence-electron chi connectivity index (χ3n) is 3.05. The minimum Gasteiger partial charge on any atom is -0.493 e. The van der Waals surface area contributed by atoms with Crippen LogP contribution in [-0.4, -0.2) is 23.5 Å². The van der Waals surface area contributed by atoms with Crippen LogP contribution in [0.4, 0.5) is 0 Å². The van der Waals surface area contributed by atoms with E-state index in [2.05, 4.69) is 11.2 Å². The minimum atomic E-state index is 0.244. The second-order valence-electron chi connectivity index (χ2n) is 4.14. The van der Waals surface area contributed by atoms with Crippen molar-refractivity contribution in [2.24, 2.45) is 0 Å². The maximum Gasteiger partial charge on any atom is 0.156 e. The molecule has 2 heterocycles. The van der Waals surface area contributed by atoms with Gasteiger partial charge in [0.1, 0.15) is 12.4 Å². The Bertz CT molecular complexity index is 522. The van der Waals surface area contributed by atoms with Gasteiger partial charge in [-0.2, -0.15) is 5.10 Å². The van der Waals surface area contributed by atoms with Crippen molar-refractivity contribution >= 4 is 0 Å². The van der Waals surface area contributed by atoms with Crippen LogP contribution in [0.2, 0.25) is 0 Å². The highest BCUT2D eigenvalue weighted by atomic mass is 16.5. The molecule has 0 amide bonds. The van der Waals surface area contributed by atoms with Gasteiger partial charge in [-0.05, 0) is 11.6 Å². The summed E-state index contributed by atoms with van der Waals surface area (Å²) in [6.45, 7) is 0.655. The molecule has 1 aromatic carbocycles. The monoisotopic (exact) mass is 230 g/mol. The van der Waals surface area contributed by atoms with E-state index in [1.165, 1.54) is 5.56 Å². The topological polar surface area (TPSA) is 36.3 Å². The number of para-hydroxylation sites is 1. The highest BCUT2D eigenvalue weighted by Crippen LogP contribution is 2.29. The van der Waals surface area contributed by atoms with Gasteiger partial charge in [-0.3, -0.25) is 4.68 Å². The SMILES string of the molecule is COc1cnn(C2COc3ccccc3C2)c1. The Kier molecular flexibility index (Phi) is 2.48. The number of aromatic nitrogens is 2. The van der Waals surface area contributed by atoms with Gasteiger partial charge < -0.3 is 9.47 Å². The molecule has 0 N–H and O–H groups in total. The number of ether oxygens (including phenoxy) is 2. The van der Waals surface area contributed by atoms with Crippen LogP contribution in [0.5, 0.6) is 11.5 Å². The molecule has 0 saturated carbocycles. The molecule has 1 atom stereocenters. The van der Waals surface area contributed by atoms with Gasteiger partial charge >= 0.3 is 0 Å². The third-order valence-corrected chi connectivity index (χ3v) is 3.05. The van der Waals surface area contributed by atoms with Gasteiger partial charge in [0.2, 0.25) is 0 Å². The first kappa shape index (κ1) is 10.2. The molecule has 0 spiro atoms. The van der Waals surface area contributed by atoms with Gasteiger partial charge in [0.25, 0.3) is 0 Å². The first-order valence-corrected chi connectivity index (χ1v) is 5.65. The van der Waals surface area contributed by atoms with E-state index in [0.29, 0.717) is 6.61 Å². The van der Waals surface area contributed by atoms with E-state index in [-0.39, 0.29) is 6.04 Å². The fraction of sp³-hybridized carbons (Fsp3) is 0.308. The second kappa shape index (κ2) is 4.13. The molecule has 0 saturated heterocycles. The van der Waals surface area contributed by atoms with Crippen LogP contribution in [-0.2, 0) is 6.42 Å². The zero-order chi connectivity index (χ0) is 11.7. The summed E-state index contributed by atoms with van der Waals surface area (Å²) in [6, 6.07) is 8.38. The van der Waals surface area contributed by atoms with E-state index in [4.69, 9.17) is 9.47 Å². The number of rotatable bonds is 2. The molecule has 0 radical (unpaired) electrons. The van der Waals surface area contributed by atoms with Crippen LogP contribution in [0.15, 0.2) is 36.7 Å². The van der Waals surface area contributed by atoms with Crippen molar-refractivity contribution in [2.45, 2.75) is 12.5 Å². The van der Waals surface area contributed by atoms with Gasteiger partial charge in [0, 0.05) is 6.42 Å². The first-order valence-electron chi connectivity index (χ1n) is 5.65. The predicted molar refractivity (Wildman–Crippen MR) is 63.5 cm³/mol. The fourth-order valence-electron chi connectivity index (χ4n) is 2.11. The summed E-state index contributed by atoms with van der Waals surface area (Å²) in [5.74, 6) is 1.77. The Labute approximate surface area is 99.8 Å². The number of benzene rings is 1. The maximum absolute atomic E-state index is 5.73. The zero-order valence-corrected chi connectivity index (χ0v) is 9.67. The zero-order valence-electron chi connectivity index (χ0n) is 9.67. The number of nitrogens with zero attached hydrogens (tertiary/aromatic N) is 2. The molecule has 1 aliphatic rings. The van der Waals surface area contributed by atoms with Gasteiger partial charge in [-0.25, -0.2) is 0 Å². The summed E-state index contributed by atoms with van der Waals surface area (Å²) in [6.07, 6.45) is 4.57. The number of hydrogen-bond donors (Lipinski definition) is 0. The Morgan fingerprint density at radius 2 is 2.29 bits per heavy atom. The van der Waals surface area contributed by atoms with Crippen molar-refractivity contribution in [3.8, 4) is 11.5 Å². The van der Waals surface area contributed by atoms with Crippen molar-refractivity contribution in [1.29, 1.82) is 0 Å². The van der Waals surface area contributed by atoms with Crippen LogP contribution < -0.4 is 9.47 Å². The smallest absolute Gasteiger partial charge is 0.156 e. The Morgan fingerprint density at radius 1 is 1.41 bits per heavy atom. The van der Waals surface area contributed by atoms with Gasteiger partial charge in [-0.1, -0.05) is 18.2 Å². The van der Waals surface area contributed by atoms with Gasteiger partial charge in [0.15, 0.2) is 5.75 Å². The van der Waals surface area contributed by atoms with Crippen molar-refractivity contribution < 1.29 is 9.47 Å². The molecule has 88 valence electrons. The quantitative estimate of drug-likeness (QED) is 0.792. The third kappa shape index (κ3) is 1.86. The van der Waals surface area contributed by atoms with E-state index in [1.54, 1.807) is 13.3 Å². The van der Waals surface area contributed by atoms with E-state index in [9.17, 15) is 0 Å². The van der Waals surface area contributed by atoms with E-state index < -0.39 is 0 Å². The Hall–Kier alpha value is -1.97. The molecule has 4 heteroatoms. The number of fused-ring (bicyclic) bond motifs is 1. The Morgan fingerprint density at radius 3 is 3.12 bits per heavy atom. The summed E-state index contributed by atoms with van der Waals surface area (Å²) < 4.78 is 12.8. The first-order chi connectivity index (χ1) is 8.36. The average Bonchev–Trinajstić information content (AvgIpc) is 2.87. The lowest BCUT2D eigenvalue weighted by molar-refractivity contribution is 0.214. The molecule has 1 unspecified atom stereocenters. The van der Waals surface area contributed by atoms with E-state index in [1.807, 2.05) is 29.1 Å². The Balaban J connectivity index is 1.84. The predicted octanol–water partition coefficient (Wildman–Crippen LogP) is 2.07. The molecular weight excluding hydrogens is 216 g/mol. The van der Waals surface area contributed by atoms with Crippen molar-refractivity contribution in [2.75, 3.05) is 13.7 Å². The summed E-state index contributed by atoms with van der Waals surface area (Å²) in [5.41, 5.74) is 1.23. The van der Waals surface area contributed by atoms with Crippen LogP contribution in [0.1, 0.15) is 11.6 Å². The second-order valence-corrected chi connectivity index (χ2v) is 4.14. The largest absolute Gasteiger partial charge is 0.493 e. The molecule has 0 bridgehead atoms. The number of methoxy groups -OCH3 is 1. The van der Waals surface area contributed by atoms with Crippen molar-refractivity contribution in [3.05, 3.63) is 42.2 Å². The lowest BCUT2D eigenvalue weighted by atomic mass is 10.0. The molecule has 0 fully saturated rings. The lowest BCUT2D eigenvalue weighted by Crippen LogP contribution is -2.24. The van der Waals surface area contributed by atoms with E-state index >= 15 is 0 Å². The summed E-state index contributed by atoms with van der Waals surface area (Å²) >= 11 is 0. The minimum absolute atomic E-state index is 0.244. The van der Waals surface area contributed by atoms with Crippen LogP contribution >= 0.6 is 0 Å². The highest BCUT2D eigenvalue weighted by molar-refractivity contribution is 5.35. The van der Waals surface area contributed by atoms with Crippen LogP contribution in [0.25, 0.3) is 0 Å². The molecule has 0 aliphatic carbocycles. The molecule has 4 nitrogen and oxygen atoms in total. The normalized spacial score (nSPS) is 18.3. The summed E-state index contributed by atoms with van der Waals surface area (Å²) in [4.78, 5) is 0. The number of hydrogen-bond acceptors (Lipinski definition) is 3. The molecular formula is C13H14N2O2. The standard InChI is InChI=1S/C13H14N2O2/c1-16-12-7-14-15(8-12)11-6-10-4-2-3-5-13(10)17-9-11/h2-5,7-8,11H,6,9H2,1H3. The van der Waals surface area contributed by atoms with Crippen LogP contribution in [0.3, 0.4) is 0 Å². The van der Waals surface area contributed by atoms with Gasteiger partial charge in [-0.15, -0.1) is 0 Å². The van der Waals surface area contributed by atoms with Crippen molar-refractivity contribution in [1.82, 2.24) is 9.78 Å². The maximum atomic E-state index is 5.73. The summed E-state index contributed by atoms with van der Waals surface area (Å²) in [7, 11) is 1.65. The van der Waals surface area contributed by atoms with Crippen molar-refractivity contribution in [3.63, 3.8) is 0 Å². The van der Waals surface area contributed by atoms with Crippen LogP contribution in [0, 0.1) is 0 Å². The molecule has 1 aromatic heterocycles. The highest BCUT2D eigenvalue weighted by Gasteiger charge is 2.21. The molecule has 2 aromatic rings. The molecule has 3 rings (SSSR count). The molecule has 17 heavy (non-hydrogen) atoms. The fourth-order valence-corrected chi connectivity index (χ4v) is 2.11. The lowest BCUT2D eigenvalue weighted by Gasteiger charge is -2.25. The van der Waals surface area contributed by atoms with E-state index in [0.717, 1.165) is 17.9 Å².